The lowest BCUT2D eigenvalue weighted by Gasteiger charge is -2.11. The van der Waals surface area contributed by atoms with Gasteiger partial charge in [0.1, 0.15) is 12.4 Å². The van der Waals surface area contributed by atoms with Gasteiger partial charge in [-0.05, 0) is 48.7 Å². The molecule has 122 valence electrons. The zero-order chi connectivity index (χ0) is 16.7. The minimum Gasteiger partial charge on any atom is -0.492 e. The van der Waals surface area contributed by atoms with E-state index in [1.54, 1.807) is 13.2 Å². The Bertz CT molecular complexity index is 647. The Morgan fingerprint density at radius 2 is 1.78 bits per heavy atom. The molecule has 0 heterocycles. The molecule has 0 aliphatic rings. The van der Waals surface area contributed by atoms with Crippen LogP contribution in [0.25, 0.3) is 0 Å². The molecular weight excluding hydrogens is 290 g/mol. The zero-order valence-corrected chi connectivity index (χ0v) is 13.9. The molecule has 0 unspecified atom stereocenters. The van der Waals surface area contributed by atoms with Crippen molar-refractivity contribution in [2.24, 2.45) is 0 Å². The summed E-state index contributed by atoms with van der Waals surface area (Å²) >= 11 is 0. The lowest BCUT2D eigenvalue weighted by molar-refractivity contribution is 0.0942. The predicted octanol–water partition coefficient (Wildman–Crippen LogP) is 3.26. The van der Waals surface area contributed by atoms with Gasteiger partial charge in [-0.1, -0.05) is 24.3 Å². The largest absolute Gasteiger partial charge is 0.492 e. The molecule has 0 spiro atoms. The molecule has 0 bridgehead atoms. The van der Waals surface area contributed by atoms with E-state index in [9.17, 15) is 4.79 Å². The fourth-order valence-corrected chi connectivity index (χ4v) is 2.47. The molecule has 4 heteroatoms. The normalized spacial score (nSPS) is 10.4. The summed E-state index contributed by atoms with van der Waals surface area (Å²) in [5, 5.41) is 2.88. The summed E-state index contributed by atoms with van der Waals surface area (Å²) in [6.45, 7) is 5.37. The van der Waals surface area contributed by atoms with Crippen molar-refractivity contribution in [3.8, 4) is 5.75 Å². The predicted molar refractivity (Wildman–Crippen MR) is 90.9 cm³/mol. The van der Waals surface area contributed by atoms with E-state index in [1.807, 2.05) is 44.2 Å². The van der Waals surface area contributed by atoms with Crippen LogP contribution >= 0.6 is 0 Å². The Balaban J connectivity index is 1.85. The molecule has 0 fully saturated rings. The third-order valence-corrected chi connectivity index (χ3v) is 3.41. The summed E-state index contributed by atoms with van der Waals surface area (Å²) < 4.78 is 10.8. The number of benzene rings is 2. The van der Waals surface area contributed by atoms with Gasteiger partial charge in [-0.15, -0.1) is 0 Å². The first-order chi connectivity index (χ1) is 11.1. The number of amides is 1. The fraction of sp³-hybridized carbons (Fsp3) is 0.316. The minimum atomic E-state index is -0.110. The molecule has 0 aliphatic carbocycles. The number of hydrogen-bond donors (Lipinski definition) is 1. The maximum absolute atomic E-state index is 12.2. The van der Waals surface area contributed by atoms with Gasteiger partial charge in [0.05, 0.1) is 13.2 Å². The van der Waals surface area contributed by atoms with Crippen molar-refractivity contribution in [1.29, 1.82) is 0 Å². The Labute approximate surface area is 137 Å². The summed E-state index contributed by atoms with van der Waals surface area (Å²) in [4.78, 5) is 12.2. The van der Waals surface area contributed by atoms with Crippen LogP contribution in [0.5, 0.6) is 5.75 Å². The van der Waals surface area contributed by atoms with Crippen LogP contribution in [-0.2, 0) is 11.3 Å². The van der Waals surface area contributed by atoms with Gasteiger partial charge >= 0.3 is 0 Å². The van der Waals surface area contributed by atoms with E-state index in [4.69, 9.17) is 9.47 Å². The van der Waals surface area contributed by atoms with E-state index in [-0.39, 0.29) is 5.91 Å². The van der Waals surface area contributed by atoms with Crippen molar-refractivity contribution in [1.82, 2.24) is 5.32 Å². The second-order valence-electron chi connectivity index (χ2n) is 5.52. The molecule has 0 aliphatic heterocycles. The molecule has 0 aromatic heterocycles. The number of carbonyl (C=O) groups excluding carboxylic acids is 1. The number of methoxy groups -OCH3 is 1. The highest BCUT2D eigenvalue weighted by atomic mass is 16.5. The van der Waals surface area contributed by atoms with Crippen molar-refractivity contribution < 1.29 is 14.3 Å². The van der Waals surface area contributed by atoms with E-state index in [0.29, 0.717) is 25.3 Å². The van der Waals surface area contributed by atoms with E-state index in [2.05, 4.69) is 11.4 Å². The average Bonchev–Trinajstić information content (AvgIpc) is 2.51. The summed E-state index contributed by atoms with van der Waals surface area (Å²) in [5.41, 5.74) is 3.85. The van der Waals surface area contributed by atoms with Gasteiger partial charge in [0.25, 0.3) is 5.91 Å². The highest BCUT2D eigenvalue weighted by Crippen LogP contribution is 2.16. The highest BCUT2D eigenvalue weighted by Gasteiger charge is 2.10. The van der Waals surface area contributed by atoms with Gasteiger partial charge in [-0.2, -0.15) is 0 Å². The molecular formula is C19H23NO3. The number of hydrogen-bond acceptors (Lipinski definition) is 3. The monoisotopic (exact) mass is 313 g/mol. The number of rotatable bonds is 7. The lowest BCUT2D eigenvalue weighted by atomic mass is 10.1. The Kier molecular flexibility index (Phi) is 6.18. The van der Waals surface area contributed by atoms with Gasteiger partial charge in [0.15, 0.2) is 0 Å². The quantitative estimate of drug-likeness (QED) is 0.798. The Morgan fingerprint density at radius 1 is 1.09 bits per heavy atom. The van der Waals surface area contributed by atoms with Crippen molar-refractivity contribution >= 4 is 5.91 Å². The van der Waals surface area contributed by atoms with Crippen LogP contribution < -0.4 is 10.1 Å². The standard InChI is InChI=1S/C19H23NO3/c1-14-10-15(2)12-17(11-14)23-9-8-20-19(21)18-7-5-4-6-16(18)13-22-3/h4-7,10-12H,8-9,13H2,1-3H3,(H,20,21). The van der Waals surface area contributed by atoms with Crippen molar-refractivity contribution in [2.45, 2.75) is 20.5 Å². The number of aryl methyl sites for hydroxylation is 2. The van der Waals surface area contributed by atoms with Gasteiger partial charge in [0.2, 0.25) is 0 Å². The van der Waals surface area contributed by atoms with Crippen LogP contribution in [0.1, 0.15) is 27.0 Å². The number of nitrogens with one attached hydrogen (secondary N) is 1. The van der Waals surface area contributed by atoms with Crippen LogP contribution in [0.3, 0.4) is 0 Å². The second-order valence-corrected chi connectivity index (χ2v) is 5.52. The first-order valence-corrected chi connectivity index (χ1v) is 7.66. The molecule has 2 rings (SSSR count). The van der Waals surface area contributed by atoms with E-state index >= 15 is 0 Å². The van der Waals surface area contributed by atoms with Crippen molar-refractivity contribution in [3.05, 3.63) is 64.7 Å². The second kappa shape index (κ2) is 8.34. The SMILES string of the molecule is COCc1ccccc1C(=O)NCCOc1cc(C)cc(C)c1. The molecule has 23 heavy (non-hydrogen) atoms. The maximum Gasteiger partial charge on any atom is 0.251 e. The molecule has 4 nitrogen and oxygen atoms in total. The first kappa shape index (κ1) is 17.0. The van der Waals surface area contributed by atoms with Gasteiger partial charge in [-0.25, -0.2) is 0 Å². The van der Waals surface area contributed by atoms with E-state index < -0.39 is 0 Å². The minimum absolute atomic E-state index is 0.110. The lowest BCUT2D eigenvalue weighted by Crippen LogP contribution is -2.29. The molecule has 2 aromatic carbocycles. The van der Waals surface area contributed by atoms with Crippen LogP contribution in [0.15, 0.2) is 42.5 Å². The molecule has 0 saturated carbocycles. The van der Waals surface area contributed by atoms with E-state index in [1.165, 1.54) is 0 Å². The number of ether oxygens (including phenoxy) is 2. The smallest absolute Gasteiger partial charge is 0.251 e. The Hall–Kier alpha value is -2.33. The summed E-state index contributed by atoms with van der Waals surface area (Å²) in [6, 6.07) is 13.5. The van der Waals surface area contributed by atoms with E-state index in [0.717, 1.165) is 22.4 Å². The highest BCUT2D eigenvalue weighted by molar-refractivity contribution is 5.95. The topological polar surface area (TPSA) is 47.6 Å². The third kappa shape index (κ3) is 5.11. The first-order valence-electron chi connectivity index (χ1n) is 7.66. The van der Waals surface area contributed by atoms with Crippen molar-refractivity contribution in [3.63, 3.8) is 0 Å². The molecule has 0 radical (unpaired) electrons. The van der Waals surface area contributed by atoms with Gasteiger partial charge < -0.3 is 14.8 Å². The molecule has 2 aromatic rings. The molecule has 1 N–H and O–H groups in total. The van der Waals surface area contributed by atoms with Crippen molar-refractivity contribution in [2.75, 3.05) is 20.3 Å². The maximum atomic E-state index is 12.2. The third-order valence-electron chi connectivity index (χ3n) is 3.41. The molecule has 0 atom stereocenters. The zero-order valence-electron chi connectivity index (χ0n) is 13.9. The number of carbonyl (C=O) groups is 1. The van der Waals surface area contributed by atoms with Crippen LogP contribution in [-0.4, -0.2) is 26.2 Å². The van der Waals surface area contributed by atoms with Crippen LogP contribution in [0, 0.1) is 13.8 Å². The summed E-state index contributed by atoms with van der Waals surface area (Å²) in [6.07, 6.45) is 0. The average molecular weight is 313 g/mol. The fourth-order valence-electron chi connectivity index (χ4n) is 2.47. The summed E-state index contributed by atoms with van der Waals surface area (Å²) in [7, 11) is 1.62. The van der Waals surface area contributed by atoms with Gasteiger partial charge in [0, 0.05) is 12.7 Å². The van der Waals surface area contributed by atoms with Gasteiger partial charge in [-0.3, -0.25) is 4.79 Å². The Morgan fingerprint density at radius 3 is 2.48 bits per heavy atom. The van der Waals surface area contributed by atoms with Crippen LogP contribution in [0.4, 0.5) is 0 Å². The molecule has 0 saturated heterocycles. The molecule has 1 amide bonds. The summed E-state index contributed by atoms with van der Waals surface area (Å²) in [5.74, 6) is 0.721. The van der Waals surface area contributed by atoms with Crippen LogP contribution in [0.2, 0.25) is 0 Å².